The molecule has 0 bridgehead atoms. The van der Waals surface area contributed by atoms with E-state index in [1.807, 2.05) is 6.08 Å². The zero-order valence-electron chi connectivity index (χ0n) is 32.2. The van der Waals surface area contributed by atoms with Crippen molar-refractivity contribution in [1.82, 2.24) is 0 Å². The van der Waals surface area contributed by atoms with Gasteiger partial charge in [0.25, 0.3) is 0 Å². The number of ether oxygens (including phenoxy) is 3. The smallest absolute Gasteiger partial charge is 0.462 e. The largest absolute Gasteiger partial charge is 0.469 e. The minimum atomic E-state index is -4.77. The van der Waals surface area contributed by atoms with Crippen LogP contribution in [0.4, 0.5) is 0 Å². The van der Waals surface area contributed by atoms with Crippen LogP contribution < -0.4 is 0 Å². The fourth-order valence-corrected chi connectivity index (χ4v) is 6.24. The van der Waals surface area contributed by atoms with Crippen molar-refractivity contribution in [1.29, 1.82) is 0 Å². The van der Waals surface area contributed by atoms with Crippen molar-refractivity contribution in [2.75, 3.05) is 13.2 Å². The van der Waals surface area contributed by atoms with Crippen LogP contribution in [0.1, 0.15) is 181 Å². The third-order valence-corrected chi connectivity index (χ3v) is 9.55. The average Bonchev–Trinajstić information content (AvgIpc) is 3.85. The molecule has 0 spiro atoms. The molecule has 1 aliphatic rings. The second-order valence-electron chi connectivity index (χ2n) is 14.0. The number of carbonyl (C=O) groups is 2. The molecule has 0 amide bonds. The van der Waals surface area contributed by atoms with Crippen molar-refractivity contribution in [2.45, 2.75) is 199 Å². The van der Waals surface area contributed by atoms with Crippen molar-refractivity contribution in [2.24, 2.45) is 0 Å². The Morgan fingerprint density at radius 3 is 1.67 bits per heavy atom. The Bertz CT molecular complexity index is 990. The summed E-state index contributed by atoms with van der Waals surface area (Å²) in [5.41, 5.74) is 0. The summed E-state index contributed by atoms with van der Waals surface area (Å²) in [5, 5.41) is 0. The normalized spacial score (nSPS) is 16.8. The van der Waals surface area contributed by atoms with Crippen LogP contribution in [-0.4, -0.2) is 53.3 Å². The van der Waals surface area contributed by atoms with Gasteiger partial charge in [-0.2, -0.15) is 0 Å². The lowest BCUT2D eigenvalue weighted by Gasteiger charge is -2.18. The number of hydrogen-bond donors (Lipinski definition) is 2. The third-order valence-electron chi connectivity index (χ3n) is 9.06. The van der Waals surface area contributed by atoms with Crippen LogP contribution in [0.25, 0.3) is 0 Å². The summed E-state index contributed by atoms with van der Waals surface area (Å²) in [6, 6.07) is 0. The van der Waals surface area contributed by atoms with E-state index < -0.39 is 32.5 Å². The van der Waals surface area contributed by atoms with Gasteiger partial charge in [-0.1, -0.05) is 153 Å². The number of phosphoric acid groups is 1. The first-order valence-corrected chi connectivity index (χ1v) is 21.9. The van der Waals surface area contributed by atoms with Gasteiger partial charge in [-0.05, 0) is 51.4 Å². The summed E-state index contributed by atoms with van der Waals surface area (Å²) in [6.45, 7) is 3.60. The lowest BCUT2D eigenvalue weighted by molar-refractivity contribution is -0.161. The predicted octanol–water partition coefficient (Wildman–Crippen LogP) is 11.2. The van der Waals surface area contributed by atoms with Crippen LogP contribution in [0.3, 0.4) is 0 Å². The molecule has 1 saturated heterocycles. The standard InChI is InChI=1S/C41H73O9P/c1-3-5-7-9-11-13-14-15-16-17-18-20-22-24-29-33-40(42)47-35-37(36-48-51(44,45)46)49-41(43)34-30-26-25-28-32-39-38(50-39)31-27-23-21-19-12-10-8-6-4-2/h12,19,23,25,27-28,37-39H,3-11,13-18,20-22,24,26,29-36H2,1-2H3,(H2,44,45,46)/b19-12-,27-23-,28-25-/t37-,38?,39?/m1/s1. The van der Waals surface area contributed by atoms with E-state index in [1.54, 1.807) is 0 Å². The monoisotopic (exact) mass is 740 g/mol. The van der Waals surface area contributed by atoms with Gasteiger partial charge >= 0.3 is 19.8 Å². The number of hydrogen-bond acceptors (Lipinski definition) is 7. The summed E-state index contributed by atoms with van der Waals surface area (Å²) in [6.07, 6.45) is 40.4. The van der Waals surface area contributed by atoms with Gasteiger partial charge in [-0.15, -0.1) is 0 Å². The van der Waals surface area contributed by atoms with Gasteiger partial charge in [-0.3, -0.25) is 14.1 Å². The van der Waals surface area contributed by atoms with E-state index in [0.717, 1.165) is 44.9 Å². The van der Waals surface area contributed by atoms with E-state index >= 15 is 0 Å². The number of rotatable bonds is 36. The molecular formula is C41H73O9P. The molecular weight excluding hydrogens is 667 g/mol. The Morgan fingerprint density at radius 2 is 1.08 bits per heavy atom. The minimum Gasteiger partial charge on any atom is -0.462 e. The summed E-state index contributed by atoms with van der Waals surface area (Å²) in [4.78, 5) is 42.8. The Hall–Kier alpha value is -1.77. The van der Waals surface area contributed by atoms with Gasteiger partial charge in [0.2, 0.25) is 0 Å². The Kier molecular flexibility index (Phi) is 30.4. The zero-order valence-corrected chi connectivity index (χ0v) is 33.1. The Morgan fingerprint density at radius 1 is 0.608 bits per heavy atom. The van der Waals surface area contributed by atoms with Gasteiger partial charge < -0.3 is 24.0 Å². The maximum absolute atomic E-state index is 12.4. The van der Waals surface area contributed by atoms with Gasteiger partial charge in [0.05, 0.1) is 18.8 Å². The van der Waals surface area contributed by atoms with Gasteiger partial charge in [-0.25, -0.2) is 4.57 Å². The maximum atomic E-state index is 12.4. The fourth-order valence-electron chi connectivity index (χ4n) is 5.88. The van der Waals surface area contributed by atoms with Gasteiger partial charge in [0.1, 0.15) is 6.61 Å². The molecule has 0 aromatic rings. The van der Waals surface area contributed by atoms with Crippen LogP contribution in [0, 0.1) is 0 Å². The highest BCUT2D eigenvalue weighted by atomic mass is 31.2. The van der Waals surface area contributed by atoms with Crippen LogP contribution >= 0.6 is 7.82 Å². The van der Waals surface area contributed by atoms with Crippen LogP contribution in [0.2, 0.25) is 0 Å². The van der Waals surface area contributed by atoms with Gasteiger partial charge in [0.15, 0.2) is 6.10 Å². The van der Waals surface area contributed by atoms with E-state index in [1.165, 1.54) is 96.3 Å². The van der Waals surface area contributed by atoms with E-state index in [0.29, 0.717) is 12.8 Å². The average molecular weight is 741 g/mol. The molecule has 3 atom stereocenters. The van der Waals surface area contributed by atoms with Crippen molar-refractivity contribution >= 4 is 19.8 Å². The molecule has 0 aromatic carbocycles. The molecule has 1 aliphatic heterocycles. The molecule has 296 valence electrons. The first-order valence-electron chi connectivity index (χ1n) is 20.4. The second kappa shape index (κ2) is 32.8. The van der Waals surface area contributed by atoms with E-state index in [4.69, 9.17) is 24.0 Å². The molecule has 0 saturated carbocycles. The predicted molar refractivity (Wildman–Crippen MR) is 206 cm³/mol. The highest BCUT2D eigenvalue weighted by molar-refractivity contribution is 7.46. The van der Waals surface area contributed by atoms with E-state index in [2.05, 4.69) is 48.8 Å². The number of esters is 2. The van der Waals surface area contributed by atoms with Crippen molar-refractivity contribution in [3.63, 3.8) is 0 Å². The number of phosphoric ester groups is 1. The topological polar surface area (TPSA) is 132 Å². The number of carbonyl (C=O) groups excluding carboxylic acids is 2. The van der Waals surface area contributed by atoms with Crippen molar-refractivity contribution < 1.29 is 42.7 Å². The fraction of sp³-hybridized carbons (Fsp3) is 0.805. The maximum Gasteiger partial charge on any atom is 0.469 e. The van der Waals surface area contributed by atoms with Crippen LogP contribution in [-0.2, 0) is 32.9 Å². The molecule has 9 nitrogen and oxygen atoms in total. The van der Waals surface area contributed by atoms with Crippen molar-refractivity contribution in [3.8, 4) is 0 Å². The first-order chi connectivity index (χ1) is 24.7. The second-order valence-corrected chi connectivity index (χ2v) is 15.2. The van der Waals surface area contributed by atoms with Crippen LogP contribution in [0.5, 0.6) is 0 Å². The summed E-state index contributed by atoms with van der Waals surface area (Å²) < 4.78 is 32.1. The molecule has 1 rings (SSSR count). The summed E-state index contributed by atoms with van der Waals surface area (Å²) >= 11 is 0. The molecule has 51 heavy (non-hydrogen) atoms. The summed E-state index contributed by atoms with van der Waals surface area (Å²) in [7, 11) is -4.77. The molecule has 1 heterocycles. The highest BCUT2D eigenvalue weighted by Crippen LogP contribution is 2.36. The lowest BCUT2D eigenvalue weighted by Crippen LogP contribution is -2.29. The molecule has 2 unspecified atom stereocenters. The molecule has 0 radical (unpaired) electrons. The minimum absolute atomic E-state index is 0.129. The van der Waals surface area contributed by atoms with E-state index in [-0.39, 0.29) is 31.7 Å². The van der Waals surface area contributed by atoms with Crippen LogP contribution in [0.15, 0.2) is 36.5 Å². The SMILES string of the molecule is CCCCC/C=C\C/C=C\CC1OC1C/C=C\CCCC(=O)O[C@H](COC(=O)CCCCCCCCCCCCCCCCC)COP(=O)(O)O. The molecule has 1 fully saturated rings. The number of epoxide rings is 1. The molecule has 10 heteroatoms. The van der Waals surface area contributed by atoms with E-state index in [9.17, 15) is 14.2 Å². The highest BCUT2D eigenvalue weighted by Gasteiger charge is 2.36. The summed E-state index contributed by atoms with van der Waals surface area (Å²) in [5.74, 6) is -0.954. The molecule has 0 aliphatic carbocycles. The number of unbranched alkanes of at least 4 members (excludes halogenated alkanes) is 18. The third kappa shape index (κ3) is 32.6. The first kappa shape index (κ1) is 47.3. The Balaban J connectivity index is 2.12. The van der Waals surface area contributed by atoms with Gasteiger partial charge in [0, 0.05) is 12.8 Å². The lowest BCUT2D eigenvalue weighted by atomic mass is 10.0. The van der Waals surface area contributed by atoms with Crippen molar-refractivity contribution in [3.05, 3.63) is 36.5 Å². The molecule has 2 N–H and O–H groups in total. The quantitative estimate of drug-likeness (QED) is 0.0212. The number of allylic oxidation sites excluding steroid dienone is 4. The zero-order chi connectivity index (χ0) is 37.3. The molecule has 0 aromatic heterocycles. The Labute approximate surface area is 310 Å².